The Kier molecular flexibility index (Phi) is 11.6. The van der Waals surface area contributed by atoms with Crippen LogP contribution in [-0.2, 0) is 13.1 Å². The molecule has 4 aromatic heterocycles. The predicted octanol–water partition coefficient (Wildman–Crippen LogP) is 16.1. The van der Waals surface area contributed by atoms with Gasteiger partial charge in [0.05, 0.1) is 11.4 Å². The van der Waals surface area contributed by atoms with Crippen molar-refractivity contribution in [2.24, 2.45) is 0 Å². The monoisotopic (exact) mass is 1210 g/mol. The third-order valence-electron chi connectivity index (χ3n) is 21.0. The Morgan fingerprint density at radius 3 is 0.826 bits per heavy atom. The fourth-order valence-electron chi connectivity index (χ4n) is 16.9. The van der Waals surface area contributed by atoms with E-state index in [0.717, 1.165) is 35.1 Å². The molecule has 0 saturated heterocycles. The van der Waals surface area contributed by atoms with Crippen molar-refractivity contribution < 1.29 is 0 Å². The number of hydrogen-bond acceptors (Lipinski definition) is 8. The van der Waals surface area contributed by atoms with E-state index in [1.807, 2.05) is 111 Å². The van der Waals surface area contributed by atoms with Gasteiger partial charge >= 0.3 is 0 Å². The Morgan fingerprint density at radius 2 is 0.511 bits per heavy atom. The van der Waals surface area contributed by atoms with Crippen molar-refractivity contribution in [2.75, 3.05) is 0 Å². The zero-order valence-electron chi connectivity index (χ0n) is 53.0. The van der Waals surface area contributed by atoms with Crippen molar-refractivity contribution in [1.82, 2.24) is 18.3 Å². The van der Waals surface area contributed by atoms with Crippen LogP contribution in [0.25, 0.3) is 162 Å². The quantitative estimate of drug-likeness (QED) is 0.0864. The average Bonchev–Trinajstić information content (AvgIpc) is 0.650. The molecule has 452 valence electrons. The molecule has 17 rings (SSSR count). The van der Waals surface area contributed by atoms with Crippen LogP contribution in [0.2, 0.25) is 0 Å². The molecule has 0 N–H and O–H groups in total. The first-order chi connectivity index (χ1) is 44.3. The lowest BCUT2D eigenvalue weighted by molar-refractivity contribution is 0.604. The molecule has 92 heavy (non-hydrogen) atoms. The summed E-state index contributed by atoms with van der Waals surface area (Å²) in [5.41, 5.74) is 0.662. The van der Waals surface area contributed by atoms with Crippen LogP contribution in [0.1, 0.15) is 141 Å². The molecule has 0 bridgehead atoms. The molecule has 12 nitrogen and oxygen atoms in total. The van der Waals surface area contributed by atoms with Gasteiger partial charge in [-0.2, -0.15) is 0 Å². The van der Waals surface area contributed by atoms with E-state index in [1.54, 1.807) is 12.1 Å². The van der Waals surface area contributed by atoms with Crippen molar-refractivity contribution in [3.8, 4) is 11.4 Å². The minimum atomic E-state index is -0.512. The van der Waals surface area contributed by atoms with Crippen molar-refractivity contribution in [3.05, 3.63) is 214 Å². The lowest BCUT2D eigenvalue weighted by atomic mass is 9.76. The molecule has 13 aromatic carbocycles. The summed E-state index contributed by atoms with van der Waals surface area (Å²) in [7, 11) is 0. The van der Waals surface area contributed by atoms with Crippen LogP contribution < -0.4 is 44.5 Å². The SMILES string of the molecule is CCCCn1c(=O)c2cccc3c2c(cc2c4cc5c(=O)n(-c6c(C(C)C)cccc6C(C)C)c(=O)c6cc7c8c(cc9c(=O)n(CCCC)c(=O)c%10cccc8c%109)c8cc9c(=O)n(-c%10c(C(C)C)cccc%10C(C)C)c(=O)c%10cc(c23)c2c4c(c56)c7c8c2c9%10)c1=O. The molecular formula is C80H64N4O8. The van der Waals surface area contributed by atoms with Gasteiger partial charge in [-0.3, -0.25) is 47.5 Å². The molecule has 0 spiro atoms. The van der Waals surface area contributed by atoms with E-state index >= 15 is 28.8 Å². The number of unbranched alkanes of at least 4 members (excludes halogenated alkanes) is 2. The predicted molar refractivity (Wildman–Crippen MR) is 381 cm³/mol. The van der Waals surface area contributed by atoms with E-state index in [-0.39, 0.29) is 58.3 Å². The van der Waals surface area contributed by atoms with Crippen LogP contribution in [0.5, 0.6) is 0 Å². The Bertz CT molecular complexity index is 6210. The zero-order chi connectivity index (χ0) is 63.8. The zero-order valence-corrected chi connectivity index (χ0v) is 53.0. The summed E-state index contributed by atoms with van der Waals surface area (Å²) < 4.78 is 5.42. The maximum atomic E-state index is 16.5. The number of hydrogen-bond donors (Lipinski definition) is 0. The minimum absolute atomic E-state index is 0.0984. The molecule has 0 fully saturated rings. The lowest BCUT2D eigenvalue weighted by Gasteiger charge is -2.27. The average molecular weight is 1210 g/mol. The van der Waals surface area contributed by atoms with Crippen molar-refractivity contribution in [2.45, 2.75) is 132 Å². The summed E-state index contributed by atoms with van der Waals surface area (Å²) in [5, 5.41) is 14.5. The molecule has 0 atom stereocenters. The van der Waals surface area contributed by atoms with Crippen molar-refractivity contribution >= 4 is 151 Å². The molecule has 17 aromatic rings. The van der Waals surface area contributed by atoms with E-state index < -0.39 is 44.5 Å². The van der Waals surface area contributed by atoms with E-state index in [0.29, 0.717) is 153 Å². The third-order valence-corrected chi connectivity index (χ3v) is 21.0. The molecule has 0 aliphatic heterocycles. The van der Waals surface area contributed by atoms with E-state index in [4.69, 9.17) is 0 Å². The first-order valence-corrected chi connectivity index (χ1v) is 32.6. The van der Waals surface area contributed by atoms with E-state index in [2.05, 4.69) is 55.4 Å². The second-order valence-electron chi connectivity index (χ2n) is 27.3. The molecule has 0 unspecified atom stereocenters. The number of rotatable bonds is 12. The highest BCUT2D eigenvalue weighted by Gasteiger charge is 2.35. The Morgan fingerprint density at radius 1 is 0.261 bits per heavy atom. The van der Waals surface area contributed by atoms with E-state index in [1.165, 1.54) is 18.3 Å². The number of fused-ring (bicyclic) bond motifs is 8. The highest BCUT2D eigenvalue weighted by molar-refractivity contribution is 6.56. The van der Waals surface area contributed by atoms with Crippen LogP contribution >= 0.6 is 0 Å². The van der Waals surface area contributed by atoms with Crippen LogP contribution in [0.15, 0.2) is 148 Å². The number of para-hydroxylation sites is 2. The highest BCUT2D eigenvalue weighted by atomic mass is 16.2. The molecule has 4 heterocycles. The highest BCUT2D eigenvalue weighted by Crippen LogP contribution is 2.57. The summed E-state index contributed by atoms with van der Waals surface area (Å²) in [5.74, 6) is -0.394. The standard InChI is InChI=1S/C80H64N4O8/c1-11-13-27-81-73(85)45-25-17-23-43-59(45)53(75(81)87)29-47-49-31-55-63-58(80(92)83(77(55)89)71-39(35(3)4)19-15-20-40(71)36(5)6)34-52-62-44-24-18-26-46-60(44)54(76(88)82(74(46)86)28-14-12-2)30-48(62)50-32-56-64-57(33-51(61(43)47)67-65(49)69(63)68(52)66(50)70(64)67)79(91)84(78(56)90)72-41(37(7)8)21-16-22-42(72)38(9)10/h15-26,29-38H,11-14,27-28H2,1-10H3. The topological polar surface area (TPSA) is 156 Å². The minimum Gasteiger partial charge on any atom is -0.274 e. The van der Waals surface area contributed by atoms with Gasteiger partial charge in [-0.1, -0.05) is 143 Å². The summed E-state index contributed by atoms with van der Waals surface area (Å²) >= 11 is 0. The fraction of sp³-hybridized carbons (Fsp3) is 0.250. The maximum absolute atomic E-state index is 16.5. The number of nitrogens with zero attached hydrogens (tertiary/aromatic N) is 4. The first kappa shape index (κ1) is 55.8. The summed E-state index contributed by atoms with van der Waals surface area (Å²) in [4.78, 5) is 126. The first-order valence-electron chi connectivity index (χ1n) is 32.6. The number of pyridine rings is 4. The van der Waals surface area contributed by atoms with Gasteiger partial charge in [0.15, 0.2) is 0 Å². The van der Waals surface area contributed by atoms with Crippen molar-refractivity contribution in [3.63, 3.8) is 0 Å². The largest absolute Gasteiger partial charge is 0.274 e. The van der Waals surface area contributed by atoms with Gasteiger partial charge in [-0.25, -0.2) is 9.13 Å². The molecule has 0 aliphatic rings. The van der Waals surface area contributed by atoms with Crippen LogP contribution in [0, 0.1) is 0 Å². The van der Waals surface area contributed by atoms with Crippen LogP contribution in [0.4, 0.5) is 0 Å². The molecular weight excluding hydrogens is 1140 g/mol. The summed E-state index contributed by atoms with van der Waals surface area (Å²) in [6.07, 6.45) is 2.70. The van der Waals surface area contributed by atoms with Crippen LogP contribution in [0.3, 0.4) is 0 Å². The number of aromatic nitrogens is 4. The molecule has 0 amide bonds. The summed E-state index contributed by atoms with van der Waals surface area (Å²) in [6.45, 7) is 20.9. The fourth-order valence-corrected chi connectivity index (χ4v) is 16.9. The second-order valence-corrected chi connectivity index (χ2v) is 27.3. The molecule has 12 heteroatoms. The Hall–Kier alpha value is -10.2. The van der Waals surface area contributed by atoms with Crippen LogP contribution in [-0.4, -0.2) is 18.3 Å². The van der Waals surface area contributed by atoms with Gasteiger partial charge in [0.1, 0.15) is 0 Å². The number of benzene rings is 13. The maximum Gasteiger partial charge on any atom is 0.266 e. The molecule has 0 radical (unpaired) electrons. The summed E-state index contributed by atoms with van der Waals surface area (Å²) in [6, 6.07) is 34.3. The Labute approximate surface area is 523 Å². The van der Waals surface area contributed by atoms with Crippen molar-refractivity contribution in [1.29, 1.82) is 0 Å². The third kappa shape index (κ3) is 6.81. The molecule has 0 aliphatic carbocycles. The van der Waals surface area contributed by atoms with E-state index in [9.17, 15) is 9.59 Å². The second kappa shape index (κ2) is 19.2. The van der Waals surface area contributed by atoms with Gasteiger partial charge in [-0.05, 0) is 183 Å². The van der Waals surface area contributed by atoms with Gasteiger partial charge < -0.3 is 0 Å². The van der Waals surface area contributed by atoms with Gasteiger partial charge in [0.2, 0.25) is 0 Å². The van der Waals surface area contributed by atoms with Gasteiger partial charge in [-0.15, -0.1) is 0 Å². The Balaban J connectivity index is 1.24. The molecule has 0 saturated carbocycles. The lowest BCUT2D eigenvalue weighted by Crippen LogP contribution is -2.34. The normalized spacial score (nSPS) is 13.0. The van der Waals surface area contributed by atoms with Gasteiger partial charge in [0.25, 0.3) is 44.5 Å². The smallest absolute Gasteiger partial charge is 0.266 e. The van der Waals surface area contributed by atoms with Gasteiger partial charge in [0, 0.05) is 88.5 Å².